The second kappa shape index (κ2) is 4.04. The maximum absolute atomic E-state index is 11.2. The first-order valence-corrected chi connectivity index (χ1v) is 4.04. The molecule has 0 aliphatic carbocycles. The lowest BCUT2D eigenvalue weighted by atomic mass is 10.3. The number of rotatable bonds is 3. The van der Waals surface area contributed by atoms with Crippen LogP contribution in [0.5, 0.6) is 0 Å². The fraction of sp³-hybridized carbons (Fsp3) is 0.500. The average Bonchev–Trinajstić information content (AvgIpc) is 2.16. The Balaban J connectivity index is 2.95. The standard InChI is InChI=1S/C8H13N3O2/c1-6(5-12)11(2)7-8(13)10-4-3-9-7/h3-4,6,12H,5H2,1-2H3,(H,10,13)/t6-/m1/s1. The molecular formula is C8H13N3O2. The second-order valence-corrected chi connectivity index (χ2v) is 2.88. The average molecular weight is 183 g/mol. The van der Waals surface area contributed by atoms with Gasteiger partial charge in [-0.2, -0.15) is 0 Å². The van der Waals surface area contributed by atoms with Gasteiger partial charge in [-0.05, 0) is 6.92 Å². The maximum atomic E-state index is 11.2. The zero-order valence-electron chi connectivity index (χ0n) is 7.69. The van der Waals surface area contributed by atoms with Gasteiger partial charge in [-0.3, -0.25) is 4.79 Å². The van der Waals surface area contributed by atoms with Gasteiger partial charge in [0.25, 0.3) is 5.56 Å². The van der Waals surface area contributed by atoms with Gasteiger partial charge >= 0.3 is 0 Å². The molecule has 0 spiro atoms. The van der Waals surface area contributed by atoms with Crippen molar-refractivity contribution >= 4 is 5.82 Å². The Bertz CT molecular complexity index is 323. The second-order valence-electron chi connectivity index (χ2n) is 2.88. The van der Waals surface area contributed by atoms with Crippen molar-refractivity contribution in [2.75, 3.05) is 18.6 Å². The van der Waals surface area contributed by atoms with E-state index in [4.69, 9.17) is 5.11 Å². The van der Waals surface area contributed by atoms with Crippen LogP contribution in [0.2, 0.25) is 0 Å². The molecule has 0 saturated heterocycles. The molecular weight excluding hydrogens is 170 g/mol. The van der Waals surface area contributed by atoms with Crippen LogP contribution in [0.3, 0.4) is 0 Å². The van der Waals surface area contributed by atoms with E-state index in [0.29, 0.717) is 5.82 Å². The van der Waals surface area contributed by atoms with Crippen LogP contribution in [0.4, 0.5) is 5.82 Å². The number of hydrogen-bond donors (Lipinski definition) is 2. The number of anilines is 1. The minimum Gasteiger partial charge on any atom is -0.394 e. The quantitative estimate of drug-likeness (QED) is 0.668. The highest BCUT2D eigenvalue weighted by atomic mass is 16.3. The molecule has 13 heavy (non-hydrogen) atoms. The van der Waals surface area contributed by atoms with E-state index in [-0.39, 0.29) is 18.2 Å². The molecule has 0 aliphatic rings. The third-order valence-corrected chi connectivity index (χ3v) is 1.95. The number of aliphatic hydroxyl groups excluding tert-OH is 1. The lowest BCUT2D eigenvalue weighted by Gasteiger charge is -2.22. The summed E-state index contributed by atoms with van der Waals surface area (Å²) in [5.74, 6) is 0.323. The molecule has 5 heteroatoms. The third-order valence-electron chi connectivity index (χ3n) is 1.95. The first kappa shape index (κ1) is 9.73. The van der Waals surface area contributed by atoms with Crippen LogP contribution in [0.1, 0.15) is 6.92 Å². The van der Waals surface area contributed by atoms with Crippen LogP contribution in [0, 0.1) is 0 Å². The highest BCUT2D eigenvalue weighted by Gasteiger charge is 2.12. The van der Waals surface area contributed by atoms with E-state index in [9.17, 15) is 4.79 Å². The summed E-state index contributed by atoms with van der Waals surface area (Å²) >= 11 is 0. The van der Waals surface area contributed by atoms with Gasteiger partial charge < -0.3 is 15.0 Å². The first-order valence-electron chi connectivity index (χ1n) is 4.04. The summed E-state index contributed by atoms with van der Waals surface area (Å²) in [5, 5.41) is 8.88. The van der Waals surface area contributed by atoms with Crippen molar-refractivity contribution < 1.29 is 5.11 Å². The smallest absolute Gasteiger partial charge is 0.290 e. The van der Waals surface area contributed by atoms with Gasteiger partial charge in [-0.1, -0.05) is 0 Å². The van der Waals surface area contributed by atoms with Crippen LogP contribution >= 0.6 is 0 Å². The van der Waals surface area contributed by atoms with E-state index < -0.39 is 0 Å². The van der Waals surface area contributed by atoms with Crippen molar-refractivity contribution in [2.45, 2.75) is 13.0 Å². The first-order chi connectivity index (χ1) is 6.16. The Morgan fingerprint density at radius 1 is 1.77 bits per heavy atom. The molecule has 0 unspecified atom stereocenters. The lowest BCUT2D eigenvalue weighted by Crippen LogP contribution is -2.36. The molecule has 1 rings (SSSR count). The van der Waals surface area contributed by atoms with Crippen LogP contribution in [0.25, 0.3) is 0 Å². The van der Waals surface area contributed by atoms with Crippen molar-refractivity contribution in [1.82, 2.24) is 9.97 Å². The van der Waals surface area contributed by atoms with E-state index in [1.807, 2.05) is 6.92 Å². The minimum absolute atomic E-state index is 0.00743. The summed E-state index contributed by atoms with van der Waals surface area (Å²) in [6, 6.07) is -0.115. The number of likely N-dealkylation sites (N-methyl/N-ethyl adjacent to an activating group) is 1. The van der Waals surface area contributed by atoms with E-state index >= 15 is 0 Å². The Kier molecular flexibility index (Phi) is 3.02. The number of hydrogen-bond acceptors (Lipinski definition) is 4. The predicted molar refractivity (Wildman–Crippen MR) is 49.8 cm³/mol. The molecule has 1 aromatic heterocycles. The van der Waals surface area contributed by atoms with Gasteiger partial charge in [0.2, 0.25) is 0 Å². The lowest BCUT2D eigenvalue weighted by molar-refractivity contribution is 0.269. The van der Waals surface area contributed by atoms with Crippen molar-refractivity contribution in [1.29, 1.82) is 0 Å². The summed E-state index contributed by atoms with van der Waals surface area (Å²) in [6.07, 6.45) is 2.99. The summed E-state index contributed by atoms with van der Waals surface area (Å²) in [6.45, 7) is 1.81. The molecule has 2 N–H and O–H groups in total. The zero-order chi connectivity index (χ0) is 9.84. The van der Waals surface area contributed by atoms with Crippen LogP contribution < -0.4 is 10.5 Å². The largest absolute Gasteiger partial charge is 0.394 e. The minimum atomic E-state index is -0.245. The normalized spacial score (nSPS) is 12.5. The molecule has 0 aliphatic heterocycles. The van der Waals surface area contributed by atoms with E-state index in [0.717, 1.165) is 0 Å². The zero-order valence-corrected chi connectivity index (χ0v) is 7.69. The van der Waals surface area contributed by atoms with Crippen molar-refractivity contribution in [3.05, 3.63) is 22.7 Å². The van der Waals surface area contributed by atoms with E-state index in [2.05, 4.69) is 9.97 Å². The van der Waals surface area contributed by atoms with E-state index in [1.54, 1.807) is 11.9 Å². The van der Waals surface area contributed by atoms with Gasteiger partial charge in [0.05, 0.1) is 12.6 Å². The molecule has 0 radical (unpaired) electrons. The summed E-state index contributed by atoms with van der Waals surface area (Å²) < 4.78 is 0. The number of H-pyrrole nitrogens is 1. The van der Waals surface area contributed by atoms with Gasteiger partial charge in [0.1, 0.15) is 0 Å². The maximum Gasteiger partial charge on any atom is 0.290 e. The van der Waals surface area contributed by atoms with Crippen LogP contribution in [-0.2, 0) is 0 Å². The number of aromatic nitrogens is 2. The van der Waals surface area contributed by atoms with Crippen molar-refractivity contribution in [3.8, 4) is 0 Å². The molecule has 72 valence electrons. The molecule has 0 amide bonds. The molecule has 1 atom stereocenters. The monoisotopic (exact) mass is 183 g/mol. The van der Waals surface area contributed by atoms with Gasteiger partial charge in [0.15, 0.2) is 5.82 Å². The Hall–Kier alpha value is -1.36. The Labute approximate surface area is 76.0 Å². The number of aromatic amines is 1. The number of aliphatic hydroxyl groups is 1. The van der Waals surface area contributed by atoms with Gasteiger partial charge in [0, 0.05) is 19.4 Å². The molecule has 5 nitrogen and oxygen atoms in total. The molecule has 1 heterocycles. The van der Waals surface area contributed by atoms with Crippen molar-refractivity contribution in [2.24, 2.45) is 0 Å². The molecule has 0 aromatic carbocycles. The van der Waals surface area contributed by atoms with Crippen LogP contribution in [-0.4, -0.2) is 34.8 Å². The molecule has 0 bridgehead atoms. The highest BCUT2D eigenvalue weighted by Crippen LogP contribution is 2.03. The molecule has 1 aromatic rings. The van der Waals surface area contributed by atoms with Crippen LogP contribution in [0.15, 0.2) is 17.2 Å². The fourth-order valence-electron chi connectivity index (χ4n) is 0.926. The SMILES string of the molecule is C[C@H](CO)N(C)c1ncc[nH]c1=O. The topological polar surface area (TPSA) is 69.2 Å². The summed E-state index contributed by atoms with van der Waals surface area (Å²) in [7, 11) is 1.72. The third kappa shape index (κ3) is 2.06. The Morgan fingerprint density at radius 2 is 2.46 bits per heavy atom. The van der Waals surface area contributed by atoms with Gasteiger partial charge in [-0.15, -0.1) is 0 Å². The molecule has 0 saturated carbocycles. The summed E-state index contributed by atoms with van der Waals surface area (Å²) in [4.78, 5) is 19.3. The highest BCUT2D eigenvalue weighted by molar-refractivity contribution is 5.34. The Morgan fingerprint density at radius 3 is 3.00 bits per heavy atom. The predicted octanol–water partition coefficient (Wildman–Crippen LogP) is -0.413. The van der Waals surface area contributed by atoms with Gasteiger partial charge in [-0.25, -0.2) is 4.98 Å². The number of nitrogens with zero attached hydrogens (tertiary/aromatic N) is 2. The number of nitrogens with one attached hydrogen (secondary N) is 1. The van der Waals surface area contributed by atoms with Crippen molar-refractivity contribution in [3.63, 3.8) is 0 Å². The summed E-state index contributed by atoms with van der Waals surface area (Å²) in [5.41, 5.74) is -0.245. The van der Waals surface area contributed by atoms with E-state index in [1.165, 1.54) is 12.4 Å². The fourth-order valence-corrected chi connectivity index (χ4v) is 0.926. The molecule has 0 fully saturated rings.